The van der Waals surface area contributed by atoms with Gasteiger partial charge in [-0.3, -0.25) is 0 Å². The van der Waals surface area contributed by atoms with E-state index in [0.717, 1.165) is 38.1 Å². The van der Waals surface area contributed by atoms with Crippen molar-refractivity contribution in [3.8, 4) is 0 Å². The van der Waals surface area contributed by atoms with Crippen LogP contribution in [0, 0.1) is 0 Å². The lowest BCUT2D eigenvalue weighted by Gasteiger charge is -2.31. The molecule has 0 radical (unpaired) electrons. The molecule has 0 aliphatic carbocycles. The van der Waals surface area contributed by atoms with Crippen LogP contribution in [0.15, 0.2) is 24.4 Å². The predicted octanol–water partition coefficient (Wildman–Crippen LogP) is 3.60. The molecule has 0 unspecified atom stereocenters. The minimum atomic E-state index is 0.547. The fourth-order valence-corrected chi connectivity index (χ4v) is 1.60. The van der Waals surface area contributed by atoms with Crippen molar-refractivity contribution in [1.82, 2.24) is 4.90 Å². The minimum Gasteiger partial charge on any atom is -0.385 e. The lowest BCUT2D eigenvalue weighted by molar-refractivity contribution is 0.172. The van der Waals surface area contributed by atoms with E-state index in [-0.39, 0.29) is 0 Å². The molecule has 0 N–H and O–H groups in total. The molecule has 0 aliphatic heterocycles. The molecule has 0 saturated heterocycles. The molecule has 0 aliphatic rings. The topological polar surface area (TPSA) is 12.5 Å². The standard InChI is InChI=1S/C14H27NO/c1-6-8-10-14(4)15(13(3)7-2)11-9-12-16-5/h8,10,13H,4,6-7,9,11-12H2,1-3,5H3/b10-8-/t13-/m0/s1. The van der Waals surface area contributed by atoms with Gasteiger partial charge in [-0.25, -0.2) is 0 Å². The van der Waals surface area contributed by atoms with Gasteiger partial charge in [0.1, 0.15) is 0 Å². The smallest absolute Gasteiger partial charge is 0.0479 e. The molecule has 0 bridgehead atoms. The summed E-state index contributed by atoms with van der Waals surface area (Å²) in [4.78, 5) is 2.37. The summed E-state index contributed by atoms with van der Waals surface area (Å²) in [6.07, 6.45) is 7.55. The second kappa shape index (κ2) is 9.46. The lowest BCUT2D eigenvalue weighted by Crippen LogP contribution is -2.32. The van der Waals surface area contributed by atoms with Crippen LogP contribution < -0.4 is 0 Å². The van der Waals surface area contributed by atoms with Gasteiger partial charge >= 0.3 is 0 Å². The zero-order valence-electron chi connectivity index (χ0n) is 11.3. The molecule has 2 heteroatoms. The number of ether oxygens (including phenoxy) is 1. The molecule has 0 aromatic rings. The Balaban J connectivity index is 4.29. The van der Waals surface area contributed by atoms with Crippen molar-refractivity contribution >= 4 is 0 Å². The van der Waals surface area contributed by atoms with Crippen LogP contribution in [0.4, 0.5) is 0 Å². The molecular weight excluding hydrogens is 198 g/mol. The monoisotopic (exact) mass is 225 g/mol. The SMILES string of the molecule is C=C(/C=C\CC)N(CCCOC)[C@@H](C)CC. The van der Waals surface area contributed by atoms with Gasteiger partial charge in [0, 0.05) is 32.0 Å². The van der Waals surface area contributed by atoms with Gasteiger partial charge in [-0.15, -0.1) is 0 Å². The Morgan fingerprint density at radius 1 is 1.44 bits per heavy atom. The molecule has 0 saturated carbocycles. The quantitative estimate of drug-likeness (QED) is 0.439. The second-order valence-electron chi connectivity index (χ2n) is 4.10. The molecule has 94 valence electrons. The maximum Gasteiger partial charge on any atom is 0.0479 e. The Hall–Kier alpha value is -0.760. The zero-order chi connectivity index (χ0) is 12.4. The van der Waals surface area contributed by atoms with Crippen molar-refractivity contribution < 1.29 is 4.74 Å². The molecule has 0 aromatic heterocycles. The van der Waals surface area contributed by atoms with E-state index in [0.29, 0.717) is 6.04 Å². The Bertz CT molecular complexity index is 211. The van der Waals surface area contributed by atoms with Crippen molar-refractivity contribution in [2.45, 2.75) is 46.1 Å². The lowest BCUT2D eigenvalue weighted by atomic mass is 10.2. The van der Waals surface area contributed by atoms with Crippen molar-refractivity contribution in [3.63, 3.8) is 0 Å². The van der Waals surface area contributed by atoms with Crippen LogP contribution in [0.25, 0.3) is 0 Å². The molecule has 16 heavy (non-hydrogen) atoms. The summed E-state index contributed by atoms with van der Waals surface area (Å²) in [5.74, 6) is 0. The van der Waals surface area contributed by atoms with Crippen LogP contribution in [0.5, 0.6) is 0 Å². The van der Waals surface area contributed by atoms with Crippen LogP contribution in [-0.4, -0.2) is 31.2 Å². The first-order chi connectivity index (χ1) is 7.67. The molecule has 0 heterocycles. The number of hydrogen-bond donors (Lipinski definition) is 0. The average molecular weight is 225 g/mol. The first-order valence-corrected chi connectivity index (χ1v) is 6.28. The number of hydrogen-bond acceptors (Lipinski definition) is 2. The first kappa shape index (κ1) is 15.2. The summed E-state index contributed by atoms with van der Waals surface area (Å²) in [5, 5.41) is 0. The molecule has 0 fully saturated rings. The van der Waals surface area contributed by atoms with E-state index in [9.17, 15) is 0 Å². The third kappa shape index (κ3) is 5.96. The Kier molecular flexibility index (Phi) is 9.02. The molecule has 0 spiro atoms. The van der Waals surface area contributed by atoms with Gasteiger partial charge in [-0.05, 0) is 32.3 Å². The minimum absolute atomic E-state index is 0.547. The summed E-state index contributed by atoms with van der Waals surface area (Å²) >= 11 is 0. The highest BCUT2D eigenvalue weighted by Gasteiger charge is 2.11. The second-order valence-corrected chi connectivity index (χ2v) is 4.10. The van der Waals surface area contributed by atoms with Crippen LogP contribution in [0.2, 0.25) is 0 Å². The summed E-state index contributed by atoms with van der Waals surface area (Å²) in [6.45, 7) is 12.6. The summed E-state index contributed by atoms with van der Waals surface area (Å²) in [5.41, 5.74) is 1.12. The molecule has 0 amide bonds. The fourth-order valence-electron chi connectivity index (χ4n) is 1.60. The van der Waals surface area contributed by atoms with Gasteiger partial charge < -0.3 is 9.64 Å². The first-order valence-electron chi connectivity index (χ1n) is 6.28. The van der Waals surface area contributed by atoms with Gasteiger partial charge in [-0.1, -0.05) is 26.5 Å². The summed E-state index contributed by atoms with van der Waals surface area (Å²) in [7, 11) is 1.75. The average Bonchev–Trinajstić information content (AvgIpc) is 2.30. The fraction of sp³-hybridized carbons (Fsp3) is 0.714. The van der Waals surface area contributed by atoms with Gasteiger partial charge in [0.15, 0.2) is 0 Å². The molecular formula is C14H27NO. The van der Waals surface area contributed by atoms with Crippen LogP contribution >= 0.6 is 0 Å². The molecule has 0 rings (SSSR count). The largest absolute Gasteiger partial charge is 0.385 e. The Morgan fingerprint density at radius 3 is 2.62 bits per heavy atom. The number of allylic oxidation sites excluding steroid dienone is 2. The van der Waals surface area contributed by atoms with E-state index in [2.05, 4.69) is 44.4 Å². The maximum absolute atomic E-state index is 5.09. The molecule has 1 atom stereocenters. The number of rotatable bonds is 9. The summed E-state index contributed by atoms with van der Waals surface area (Å²) < 4.78 is 5.09. The highest BCUT2D eigenvalue weighted by Crippen LogP contribution is 2.13. The van der Waals surface area contributed by atoms with Gasteiger partial charge in [0.05, 0.1) is 0 Å². The Morgan fingerprint density at radius 2 is 2.12 bits per heavy atom. The molecule has 0 aromatic carbocycles. The molecule has 2 nitrogen and oxygen atoms in total. The van der Waals surface area contributed by atoms with E-state index in [1.165, 1.54) is 0 Å². The number of methoxy groups -OCH3 is 1. The van der Waals surface area contributed by atoms with E-state index < -0.39 is 0 Å². The highest BCUT2D eigenvalue weighted by molar-refractivity contribution is 5.14. The number of nitrogens with zero attached hydrogens (tertiary/aromatic N) is 1. The maximum atomic E-state index is 5.09. The van der Waals surface area contributed by atoms with Crippen LogP contribution in [0.3, 0.4) is 0 Å². The van der Waals surface area contributed by atoms with Gasteiger partial charge in [-0.2, -0.15) is 0 Å². The van der Waals surface area contributed by atoms with Crippen LogP contribution in [-0.2, 0) is 4.74 Å². The highest BCUT2D eigenvalue weighted by atomic mass is 16.5. The summed E-state index contributed by atoms with van der Waals surface area (Å²) in [6, 6.07) is 0.547. The van der Waals surface area contributed by atoms with Crippen molar-refractivity contribution in [3.05, 3.63) is 24.4 Å². The van der Waals surface area contributed by atoms with Crippen molar-refractivity contribution in [2.75, 3.05) is 20.3 Å². The van der Waals surface area contributed by atoms with Crippen LogP contribution in [0.1, 0.15) is 40.0 Å². The third-order valence-corrected chi connectivity index (χ3v) is 2.79. The van der Waals surface area contributed by atoms with E-state index >= 15 is 0 Å². The van der Waals surface area contributed by atoms with Gasteiger partial charge in [0.25, 0.3) is 0 Å². The predicted molar refractivity (Wildman–Crippen MR) is 71.5 cm³/mol. The van der Waals surface area contributed by atoms with Crippen molar-refractivity contribution in [1.29, 1.82) is 0 Å². The van der Waals surface area contributed by atoms with E-state index in [4.69, 9.17) is 4.74 Å². The van der Waals surface area contributed by atoms with E-state index in [1.807, 2.05) is 0 Å². The zero-order valence-corrected chi connectivity index (χ0v) is 11.3. The van der Waals surface area contributed by atoms with Crippen molar-refractivity contribution in [2.24, 2.45) is 0 Å². The van der Waals surface area contributed by atoms with Gasteiger partial charge in [0.2, 0.25) is 0 Å². The van der Waals surface area contributed by atoms with E-state index in [1.54, 1.807) is 7.11 Å². The normalized spacial score (nSPS) is 13.0. The Labute approximate surface area is 101 Å². The third-order valence-electron chi connectivity index (χ3n) is 2.79.